The maximum Gasteiger partial charge on any atom is 0.340 e. The maximum atomic E-state index is 12.2. The topological polar surface area (TPSA) is 43.4 Å². The summed E-state index contributed by atoms with van der Waals surface area (Å²) in [6.45, 7) is -0.317. The van der Waals surface area contributed by atoms with Gasteiger partial charge in [-0.15, -0.1) is 0 Å². The van der Waals surface area contributed by atoms with Crippen molar-refractivity contribution in [2.75, 3.05) is 6.61 Å². The molecule has 0 aliphatic rings. The first-order valence-corrected chi connectivity index (χ1v) is 7.46. The molecule has 0 fully saturated rings. The van der Waals surface area contributed by atoms with Gasteiger partial charge in [0.15, 0.2) is 12.4 Å². The molecule has 0 N–H and O–H groups in total. The second-order valence-corrected chi connectivity index (χ2v) is 5.45. The van der Waals surface area contributed by atoms with Crippen molar-refractivity contribution in [3.05, 3.63) is 82.9 Å². The molecule has 0 heterocycles. The molecule has 0 bridgehead atoms. The minimum Gasteiger partial charge on any atom is -0.454 e. The highest BCUT2D eigenvalue weighted by atomic mass is 35.5. The number of ether oxygens (including phenoxy) is 1. The van der Waals surface area contributed by atoms with E-state index in [1.807, 2.05) is 30.3 Å². The average molecular weight is 325 g/mol. The number of hydrogen-bond acceptors (Lipinski definition) is 3. The number of ketones is 1. The first kappa shape index (κ1) is 15.3. The summed E-state index contributed by atoms with van der Waals surface area (Å²) in [5.41, 5.74) is 0.760. The fourth-order valence-corrected chi connectivity index (χ4v) is 2.49. The number of esters is 1. The lowest BCUT2D eigenvalue weighted by molar-refractivity contribution is 0.0475. The van der Waals surface area contributed by atoms with E-state index in [0.717, 1.165) is 10.8 Å². The normalized spacial score (nSPS) is 10.5. The Hall–Kier alpha value is -2.65. The average Bonchev–Trinajstić information content (AvgIpc) is 2.59. The van der Waals surface area contributed by atoms with E-state index in [-0.39, 0.29) is 18.0 Å². The standard InChI is InChI=1S/C19H13ClO3/c20-17-8-4-3-7-16(17)19(22)23-12-18(21)15-10-9-13-5-1-2-6-14(13)11-15/h1-11H,12H2. The van der Waals surface area contributed by atoms with Crippen LogP contribution < -0.4 is 0 Å². The van der Waals surface area contributed by atoms with E-state index >= 15 is 0 Å². The van der Waals surface area contributed by atoms with Crippen LogP contribution in [-0.4, -0.2) is 18.4 Å². The van der Waals surface area contributed by atoms with Gasteiger partial charge < -0.3 is 4.74 Å². The highest BCUT2D eigenvalue weighted by Gasteiger charge is 2.14. The van der Waals surface area contributed by atoms with Crippen LogP contribution in [0.2, 0.25) is 5.02 Å². The van der Waals surface area contributed by atoms with Crippen LogP contribution >= 0.6 is 11.6 Å². The Morgan fingerprint density at radius 1 is 0.870 bits per heavy atom. The number of carbonyl (C=O) groups is 2. The van der Waals surface area contributed by atoms with Gasteiger partial charge in [0.1, 0.15) is 0 Å². The molecule has 0 unspecified atom stereocenters. The summed E-state index contributed by atoms with van der Waals surface area (Å²) in [5.74, 6) is -0.860. The predicted molar refractivity (Wildman–Crippen MR) is 90.0 cm³/mol. The van der Waals surface area contributed by atoms with E-state index in [4.69, 9.17) is 16.3 Å². The zero-order chi connectivity index (χ0) is 16.2. The van der Waals surface area contributed by atoms with Gasteiger partial charge in [-0.2, -0.15) is 0 Å². The molecule has 3 aromatic carbocycles. The van der Waals surface area contributed by atoms with Crippen molar-refractivity contribution in [2.24, 2.45) is 0 Å². The van der Waals surface area contributed by atoms with Crippen LogP contribution in [-0.2, 0) is 4.74 Å². The molecule has 3 rings (SSSR count). The van der Waals surface area contributed by atoms with Gasteiger partial charge >= 0.3 is 5.97 Å². The van der Waals surface area contributed by atoms with E-state index in [1.165, 1.54) is 0 Å². The Morgan fingerprint density at radius 2 is 1.57 bits per heavy atom. The molecule has 3 nitrogen and oxygen atoms in total. The van der Waals surface area contributed by atoms with E-state index in [0.29, 0.717) is 10.6 Å². The van der Waals surface area contributed by atoms with Gasteiger partial charge in [0.2, 0.25) is 0 Å². The van der Waals surface area contributed by atoms with Gasteiger partial charge in [0.05, 0.1) is 10.6 Å². The molecule has 23 heavy (non-hydrogen) atoms. The van der Waals surface area contributed by atoms with Crippen molar-refractivity contribution < 1.29 is 14.3 Å². The van der Waals surface area contributed by atoms with E-state index in [2.05, 4.69) is 0 Å². The van der Waals surface area contributed by atoms with Crippen LogP contribution in [0.5, 0.6) is 0 Å². The Balaban J connectivity index is 1.71. The Morgan fingerprint density at radius 3 is 2.35 bits per heavy atom. The van der Waals surface area contributed by atoms with Crippen LogP contribution in [0.15, 0.2) is 66.7 Å². The monoisotopic (exact) mass is 324 g/mol. The first-order chi connectivity index (χ1) is 11.1. The minimum absolute atomic E-state index is 0.250. The highest BCUT2D eigenvalue weighted by molar-refractivity contribution is 6.33. The smallest absolute Gasteiger partial charge is 0.340 e. The summed E-state index contributed by atoms with van der Waals surface area (Å²) in [7, 11) is 0. The number of fused-ring (bicyclic) bond motifs is 1. The molecule has 0 aromatic heterocycles. The third-order valence-electron chi connectivity index (χ3n) is 3.50. The van der Waals surface area contributed by atoms with Crippen LogP contribution in [0.4, 0.5) is 0 Å². The lowest BCUT2D eigenvalue weighted by Gasteiger charge is -2.06. The van der Waals surface area contributed by atoms with Gasteiger partial charge in [-0.3, -0.25) is 4.79 Å². The summed E-state index contributed by atoms with van der Waals surface area (Å²) >= 11 is 5.93. The second-order valence-electron chi connectivity index (χ2n) is 5.04. The maximum absolute atomic E-state index is 12.2. The fraction of sp³-hybridized carbons (Fsp3) is 0.0526. The predicted octanol–water partition coefficient (Wildman–Crippen LogP) is 4.53. The highest BCUT2D eigenvalue weighted by Crippen LogP contribution is 2.18. The van der Waals surface area contributed by atoms with E-state index < -0.39 is 5.97 Å². The summed E-state index contributed by atoms with van der Waals surface area (Å²) < 4.78 is 5.06. The third kappa shape index (κ3) is 3.41. The summed E-state index contributed by atoms with van der Waals surface area (Å²) in [5, 5.41) is 2.32. The van der Waals surface area contributed by atoms with Crippen LogP contribution in [0, 0.1) is 0 Å². The van der Waals surface area contributed by atoms with Gasteiger partial charge in [-0.1, -0.05) is 60.1 Å². The molecule has 0 aliphatic heterocycles. The van der Waals surface area contributed by atoms with Gasteiger partial charge in [-0.05, 0) is 29.0 Å². The number of hydrogen-bond donors (Lipinski definition) is 0. The van der Waals surface area contributed by atoms with Crippen molar-refractivity contribution in [1.29, 1.82) is 0 Å². The molecule has 0 radical (unpaired) electrons. The molecule has 114 valence electrons. The van der Waals surface area contributed by atoms with E-state index in [9.17, 15) is 9.59 Å². The number of Topliss-reactive ketones (excluding diaryl/α,β-unsaturated/α-hetero) is 1. The zero-order valence-corrected chi connectivity index (χ0v) is 12.9. The summed E-state index contributed by atoms with van der Waals surface area (Å²) in [4.78, 5) is 24.2. The third-order valence-corrected chi connectivity index (χ3v) is 3.83. The molecule has 3 aromatic rings. The molecule has 4 heteroatoms. The Bertz CT molecular complexity index is 886. The quantitative estimate of drug-likeness (QED) is 0.523. The number of carbonyl (C=O) groups excluding carboxylic acids is 2. The Kier molecular flexibility index (Phi) is 4.40. The molecule has 0 saturated heterocycles. The summed E-state index contributed by atoms with van der Waals surface area (Å²) in [6, 6.07) is 19.7. The SMILES string of the molecule is O=C(COC(=O)c1ccccc1Cl)c1ccc2ccccc2c1. The van der Waals surface area contributed by atoms with Crippen LogP contribution in [0.25, 0.3) is 10.8 Å². The lowest BCUT2D eigenvalue weighted by Crippen LogP contribution is -2.14. The molecule has 0 amide bonds. The first-order valence-electron chi connectivity index (χ1n) is 7.09. The molecule has 0 atom stereocenters. The van der Waals surface area contributed by atoms with Crippen molar-refractivity contribution in [3.8, 4) is 0 Å². The molecule has 0 aliphatic carbocycles. The second kappa shape index (κ2) is 6.63. The molecular formula is C19H13ClO3. The number of rotatable bonds is 4. The molecule has 0 spiro atoms. The van der Waals surface area contributed by atoms with Gasteiger partial charge in [-0.25, -0.2) is 4.79 Å². The van der Waals surface area contributed by atoms with Crippen molar-refractivity contribution in [1.82, 2.24) is 0 Å². The minimum atomic E-state index is -0.607. The van der Waals surface area contributed by atoms with Crippen molar-refractivity contribution in [2.45, 2.75) is 0 Å². The zero-order valence-electron chi connectivity index (χ0n) is 12.2. The van der Waals surface area contributed by atoms with Crippen LogP contribution in [0.3, 0.4) is 0 Å². The van der Waals surface area contributed by atoms with Crippen molar-refractivity contribution in [3.63, 3.8) is 0 Å². The summed E-state index contributed by atoms with van der Waals surface area (Å²) in [6.07, 6.45) is 0. The Labute approximate surface area is 138 Å². The van der Waals surface area contributed by atoms with Crippen molar-refractivity contribution >= 4 is 34.1 Å². The molecule has 0 saturated carbocycles. The van der Waals surface area contributed by atoms with Crippen LogP contribution in [0.1, 0.15) is 20.7 Å². The van der Waals surface area contributed by atoms with E-state index in [1.54, 1.807) is 36.4 Å². The van der Waals surface area contributed by atoms with Gasteiger partial charge in [0.25, 0.3) is 0 Å². The molecular weight excluding hydrogens is 312 g/mol. The number of benzene rings is 3. The fourth-order valence-electron chi connectivity index (χ4n) is 2.28. The lowest BCUT2D eigenvalue weighted by atomic mass is 10.0. The number of halogens is 1. The largest absolute Gasteiger partial charge is 0.454 e. The van der Waals surface area contributed by atoms with Gasteiger partial charge in [0, 0.05) is 5.56 Å².